The van der Waals surface area contributed by atoms with Crippen LogP contribution in [0.25, 0.3) is 0 Å². The third-order valence-electron chi connectivity index (χ3n) is 2.00. The lowest BCUT2D eigenvalue weighted by Crippen LogP contribution is -2.41. The van der Waals surface area contributed by atoms with E-state index in [0.29, 0.717) is 13.0 Å². The van der Waals surface area contributed by atoms with Gasteiger partial charge in [-0.2, -0.15) is 0 Å². The van der Waals surface area contributed by atoms with Crippen LogP contribution in [0.2, 0.25) is 0 Å². The number of urea groups is 2. The average molecular weight is 228 g/mol. The van der Waals surface area contributed by atoms with Gasteiger partial charge in [-0.05, 0) is 20.3 Å². The molecular weight excluding hydrogens is 212 g/mol. The van der Waals surface area contributed by atoms with Crippen molar-refractivity contribution < 1.29 is 14.4 Å². The van der Waals surface area contributed by atoms with Gasteiger partial charge in [-0.3, -0.25) is 10.1 Å². The van der Waals surface area contributed by atoms with Gasteiger partial charge >= 0.3 is 12.1 Å². The van der Waals surface area contributed by atoms with Crippen molar-refractivity contribution >= 4 is 18.0 Å². The molecule has 1 aliphatic heterocycles. The summed E-state index contributed by atoms with van der Waals surface area (Å²) in [5, 5.41) is 9.81. The van der Waals surface area contributed by atoms with Crippen LogP contribution in [0.1, 0.15) is 20.3 Å². The molecular formula is C9H16N4O3. The Hall–Kier alpha value is -1.79. The van der Waals surface area contributed by atoms with Gasteiger partial charge in [0.15, 0.2) is 0 Å². The minimum Gasteiger partial charge on any atom is -0.338 e. The van der Waals surface area contributed by atoms with Gasteiger partial charge in [0.2, 0.25) is 0 Å². The van der Waals surface area contributed by atoms with E-state index in [0.717, 1.165) is 0 Å². The molecule has 1 unspecified atom stereocenters. The lowest BCUT2D eigenvalue weighted by molar-refractivity contribution is -0.120. The minimum absolute atomic E-state index is 0.0643. The van der Waals surface area contributed by atoms with Crippen molar-refractivity contribution in [2.75, 3.05) is 6.54 Å². The van der Waals surface area contributed by atoms with E-state index in [1.54, 1.807) is 0 Å². The summed E-state index contributed by atoms with van der Waals surface area (Å²) < 4.78 is 0. The van der Waals surface area contributed by atoms with E-state index in [1.165, 1.54) is 0 Å². The zero-order valence-corrected chi connectivity index (χ0v) is 9.29. The number of rotatable bonds is 4. The van der Waals surface area contributed by atoms with Crippen LogP contribution in [0.5, 0.6) is 0 Å². The number of imide groups is 1. The van der Waals surface area contributed by atoms with Crippen LogP contribution >= 0.6 is 0 Å². The number of hydrogen-bond acceptors (Lipinski definition) is 3. The van der Waals surface area contributed by atoms with Crippen molar-refractivity contribution in [1.82, 2.24) is 21.3 Å². The average Bonchev–Trinajstić information content (AvgIpc) is 2.44. The molecule has 0 aromatic heterocycles. The monoisotopic (exact) mass is 228 g/mol. The van der Waals surface area contributed by atoms with E-state index in [4.69, 9.17) is 0 Å². The number of carbonyl (C=O) groups excluding carboxylic acids is 3. The summed E-state index contributed by atoms with van der Waals surface area (Å²) in [6.45, 7) is 4.03. The Bertz CT molecular complexity index is 303. The fraction of sp³-hybridized carbons (Fsp3) is 0.667. The van der Waals surface area contributed by atoms with Crippen molar-refractivity contribution in [1.29, 1.82) is 0 Å². The zero-order chi connectivity index (χ0) is 12.1. The van der Waals surface area contributed by atoms with Gasteiger partial charge in [-0.1, -0.05) is 0 Å². The molecule has 0 radical (unpaired) electrons. The van der Waals surface area contributed by atoms with Crippen LogP contribution in [-0.2, 0) is 4.79 Å². The second-order valence-electron chi connectivity index (χ2n) is 3.86. The Morgan fingerprint density at radius 3 is 2.62 bits per heavy atom. The summed E-state index contributed by atoms with van der Waals surface area (Å²) in [6.07, 6.45) is 0.378. The Kier molecular flexibility index (Phi) is 4.10. The summed E-state index contributed by atoms with van der Waals surface area (Å²) in [7, 11) is 0. The Labute approximate surface area is 93.3 Å². The molecule has 1 atom stereocenters. The predicted molar refractivity (Wildman–Crippen MR) is 56.7 cm³/mol. The maximum atomic E-state index is 11.2. The van der Waals surface area contributed by atoms with E-state index in [2.05, 4.69) is 21.3 Å². The number of hydrogen-bond donors (Lipinski definition) is 4. The van der Waals surface area contributed by atoms with Crippen molar-refractivity contribution in [2.24, 2.45) is 0 Å². The summed E-state index contributed by atoms with van der Waals surface area (Å²) in [5.41, 5.74) is 0. The Morgan fingerprint density at radius 2 is 2.12 bits per heavy atom. The van der Waals surface area contributed by atoms with Crippen LogP contribution in [0.3, 0.4) is 0 Å². The molecule has 0 spiro atoms. The van der Waals surface area contributed by atoms with Crippen LogP contribution in [0.15, 0.2) is 0 Å². The van der Waals surface area contributed by atoms with Crippen molar-refractivity contribution in [3.8, 4) is 0 Å². The third-order valence-corrected chi connectivity index (χ3v) is 2.00. The van der Waals surface area contributed by atoms with E-state index >= 15 is 0 Å². The summed E-state index contributed by atoms with van der Waals surface area (Å²) in [5.74, 6) is -0.351. The largest absolute Gasteiger partial charge is 0.338 e. The fourth-order valence-electron chi connectivity index (χ4n) is 1.31. The van der Waals surface area contributed by atoms with Crippen LogP contribution < -0.4 is 21.3 Å². The molecule has 5 amide bonds. The molecule has 0 aliphatic carbocycles. The SMILES string of the molecule is CC(C)NC(=O)NCCC1NC(=O)NC1=O. The second kappa shape index (κ2) is 5.34. The lowest BCUT2D eigenvalue weighted by Gasteiger charge is -2.11. The smallest absolute Gasteiger partial charge is 0.322 e. The molecule has 4 N–H and O–H groups in total. The Morgan fingerprint density at radius 1 is 1.44 bits per heavy atom. The third kappa shape index (κ3) is 3.76. The predicted octanol–water partition coefficient (Wildman–Crippen LogP) is -0.708. The first-order valence-electron chi connectivity index (χ1n) is 5.14. The molecule has 0 aromatic rings. The van der Waals surface area contributed by atoms with E-state index in [9.17, 15) is 14.4 Å². The standard InChI is InChI=1S/C9H16N4O3/c1-5(2)11-8(15)10-4-3-6-7(14)13-9(16)12-6/h5-6H,3-4H2,1-2H3,(H2,10,11,15)(H2,12,13,14,16). The molecule has 1 rings (SSSR count). The van der Waals surface area contributed by atoms with E-state index in [1.807, 2.05) is 13.8 Å². The molecule has 1 aliphatic rings. The van der Waals surface area contributed by atoms with Crippen molar-refractivity contribution in [3.05, 3.63) is 0 Å². The van der Waals surface area contributed by atoms with Crippen LogP contribution in [0.4, 0.5) is 9.59 Å². The highest BCUT2D eigenvalue weighted by Gasteiger charge is 2.28. The van der Waals surface area contributed by atoms with Crippen LogP contribution in [0, 0.1) is 0 Å². The molecule has 7 heteroatoms. The highest BCUT2D eigenvalue weighted by atomic mass is 16.2. The van der Waals surface area contributed by atoms with Gasteiger partial charge in [0, 0.05) is 12.6 Å². The quantitative estimate of drug-likeness (QED) is 0.478. The first-order valence-corrected chi connectivity index (χ1v) is 5.14. The topological polar surface area (TPSA) is 99.3 Å². The minimum atomic E-state index is -0.549. The van der Waals surface area contributed by atoms with E-state index < -0.39 is 12.1 Å². The van der Waals surface area contributed by atoms with Gasteiger partial charge < -0.3 is 16.0 Å². The molecule has 16 heavy (non-hydrogen) atoms. The lowest BCUT2D eigenvalue weighted by atomic mass is 10.2. The first-order chi connectivity index (χ1) is 7.49. The summed E-state index contributed by atoms with van der Waals surface area (Å²) >= 11 is 0. The maximum Gasteiger partial charge on any atom is 0.322 e. The highest BCUT2D eigenvalue weighted by molar-refractivity contribution is 6.04. The molecule has 0 saturated carbocycles. The molecule has 1 saturated heterocycles. The van der Waals surface area contributed by atoms with Gasteiger partial charge in [-0.25, -0.2) is 9.59 Å². The first kappa shape index (κ1) is 12.3. The summed E-state index contributed by atoms with van der Waals surface area (Å²) in [4.78, 5) is 33.0. The van der Waals surface area contributed by atoms with Crippen LogP contribution in [-0.4, -0.2) is 36.6 Å². The van der Waals surface area contributed by atoms with Crippen molar-refractivity contribution in [3.63, 3.8) is 0 Å². The molecule has 7 nitrogen and oxygen atoms in total. The molecule has 0 bridgehead atoms. The van der Waals surface area contributed by atoms with E-state index in [-0.39, 0.29) is 18.0 Å². The van der Waals surface area contributed by atoms with Gasteiger partial charge in [0.05, 0.1) is 0 Å². The molecule has 1 heterocycles. The molecule has 90 valence electrons. The Balaban J connectivity index is 2.18. The van der Waals surface area contributed by atoms with Crippen molar-refractivity contribution in [2.45, 2.75) is 32.4 Å². The summed E-state index contributed by atoms with van der Waals surface area (Å²) in [6, 6.07) is -1.25. The fourth-order valence-corrected chi connectivity index (χ4v) is 1.31. The van der Waals surface area contributed by atoms with Gasteiger partial charge in [-0.15, -0.1) is 0 Å². The normalized spacial score (nSPS) is 19.3. The molecule has 1 fully saturated rings. The van der Waals surface area contributed by atoms with Gasteiger partial charge in [0.25, 0.3) is 5.91 Å². The number of amides is 5. The van der Waals surface area contributed by atoms with Gasteiger partial charge in [0.1, 0.15) is 6.04 Å². The number of nitrogens with one attached hydrogen (secondary N) is 4. The second-order valence-corrected chi connectivity index (χ2v) is 3.86. The number of carbonyl (C=O) groups is 3. The zero-order valence-electron chi connectivity index (χ0n) is 9.29. The highest BCUT2D eigenvalue weighted by Crippen LogP contribution is 1.97. The maximum absolute atomic E-state index is 11.2. The molecule has 0 aromatic carbocycles.